The van der Waals surface area contributed by atoms with Crippen LogP contribution in [0.4, 0.5) is 5.13 Å². The lowest BCUT2D eigenvalue weighted by Gasteiger charge is -2.27. The van der Waals surface area contributed by atoms with E-state index in [2.05, 4.69) is 33.5 Å². The van der Waals surface area contributed by atoms with E-state index in [-0.39, 0.29) is 12.4 Å². The van der Waals surface area contributed by atoms with Crippen LogP contribution in [0.5, 0.6) is 0 Å². The van der Waals surface area contributed by atoms with Gasteiger partial charge in [0.1, 0.15) is 0 Å². The molecule has 0 aliphatic carbocycles. The van der Waals surface area contributed by atoms with Crippen LogP contribution in [-0.2, 0) is 16.0 Å². The van der Waals surface area contributed by atoms with Crippen LogP contribution in [0.15, 0.2) is 5.38 Å². The number of esters is 1. The Bertz CT molecular complexity index is 435. The number of ether oxygens (including phenoxy) is 1. The number of nitrogens with zero attached hydrogens (tertiary/aromatic N) is 3. The van der Waals surface area contributed by atoms with E-state index < -0.39 is 0 Å². The molecule has 0 saturated carbocycles. The highest BCUT2D eigenvalue weighted by Crippen LogP contribution is 2.24. The molecule has 1 aromatic heterocycles. The number of thiazole rings is 1. The molecule has 1 atom stereocenters. The lowest BCUT2D eigenvalue weighted by Crippen LogP contribution is -2.37. The Morgan fingerprint density at radius 2 is 2.37 bits per heavy atom. The van der Waals surface area contributed by atoms with Gasteiger partial charge in [-0.25, -0.2) is 4.98 Å². The summed E-state index contributed by atoms with van der Waals surface area (Å²) in [5, 5.41) is 2.97. The Kier molecular flexibility index (Phi) is 4.76. The molecule has 0 spiro atoms. The minimum atomic E-state index is -0.236. The van der Waals surface area contributed by atoms with Crippen LogP contribution in [0.2, 0.25) is 0 Å². The second-order valence-electron chi connectivity index (χ2n) is 5.03. The first-order valence-corrected chi connectivity index (χ1v) is 7.44. The molecule has 19 heavy (non-hydrogen) atoms. The highest BCUT2D eigenvalue weighted by Gasteiger charge is 2.22. The van der Waals surface area contributed by atoms with E-state index in [1.807, 2.05) is 5.38 Å². The smallest absolute Gasteiger partial charge is 0.311 e. The molecule has 1 aliphatic rings. The minimum Gasteiger partial charge on any atom is -0.469 e. The van der Waals surface area contributed by atoms with Crippen LogP contribution in [0.1, 0.15) is 19.0 Å². The van der Waals surface area contributed by atoms with Crippen molar-refractivity contribution in [1.82, 2.24) is 9.88 Å². The third kappa shape index (κ3) is 3.67. The van der Waals surface area contributed by atoms with Crippen molar-refractivity contribution in [3.8, 4) is 0 Å². The molecular weight excluding hydrogens is 262 g/mol. The SMILES string of the molecule is COC(=O)Cc1csc(N2CCCN(C)CC2C)n1. The summed E-state index contributed by atoms with van der Waals surface area (Å²) in [6.07, 6.45) is 1.40. The Morgan fingerprint density at radius 1 is 1.58 bits per heavy atom. The van der Waals surface area contributed by atoms with Crippen molar-refractivity contribution < 1.29 is 9.53 Å². The number of rotatable bonds is 3. The predicted octanol–water partition coefficient (Wildman–Crippen LogP) is 1.39. The summed E-state index contributed by atoms with van der Waals surface area (Å²) in [5.74, 6) is -0.236. The molecule has 6 heteroatoms. The molecule has 1 unspecified atom stereocenters. The largest absolute Gasteiger partial charge is 0.469 e. The maximum Gasteiger partial charge on any atom is 0.311 e. The van der Waals surface area contributed by atoms with Crippen molar-refractivity contribution in [2.45, 2.75) is 25.8 Å². The maximum absolute atomic E-state index is 11.3. The van der Waals surface area contributed by atoms with Gasteiger partial charge in [-0.1, -0.05) is 0 Å². The Labute approximate surface area is 118 Å². The molecule has 106 valence electrons. The standard InChI is InChI=1S/C13H21N3O2S/c1-10-8-15(2)5-4-6-16(10)13-14-11(9-19-13)7-12(17)18-3/h9-10H,4-8H2,1-3H3. The van der Waals surface area contributed by atoms with Crippen LogP contribution in [0.3, 0.4) is 0 Å². The van der Waals surface area contributed by atoms with Crippen molar-refractivity contribution in [2.75, 3.05) is 38.7 Å². The maximum atomic E-state index is 11.3. The van der Waals surface area contributed by atoms with Gasteiger partial charge in [-0.05, 0) is 26.9 Å². The molecule has 0 radical (unpaired) electrons. The van der Waals surface area contributed by atoms with Crippen molar-refractivity contribution in [1.29, 1.82) is 0 Å². The first kappa shape index (κ1) is 14.3. The summed E-state index contributed by atoms with van der Waals surface area (Å²) in [6, 6.07) is 0.449. The van der Waals surface area contributed by atoms with E-state index in [0.717, 1.165) is 36.9 Å². The van der Waals surface area contributed by atoms with Crippen molar-refractivity contribution in [3.63, 3.8) is 0 Å². The summed E-state index contributed by atoms with van der Waals surface area (Å²) in [4.78, 5) is 20.5. The molecule has 0 amide bonds. The Morgan fingerprint density at radius 3 is 3.11 bits per heavy atom. The van der Waals surface area contributed by atoms with Gasteiger partial charge in [-0.15, -0.1) is 11.3 Å². The van der Waals surface area contributed by atoms with Crippen molar-refractivity contribution in [2.24, 2.45) is 0 Å². The van der Waals surface area contributed by atoms with Gasteiger partial charge in [0, 0.05) is 24.5 Å². The summed E-state index contributed by atoms with van der Waals surface area (Å²) in [7, 11) is 3.56. The van der Waals surface area contributed by atoms with E-state index in [1.165, 1.54) is 7.11 Å². The van der Waals surface area contributed by atoms with Gasteiger partial charge in [0.05, 0.1) is 19.2 Å². The highest BCUT2D eigenvalue weighted by atomic mass is 32.1. The van der Waals surface area contributed by atoms with Crippen LogP contribution < -0.4 is 4.90 Å². The zero-order valence-corrected chi connectivity index (χ0v) is 12.6. The number of aromatic nitrogens is 1. The Hall–Kier alpha value is -1.14. The summed E-state index contributed by atoms with van der Waals surface area (Å²) >= 11 is 1.61. The van der Waals surface area contributed by atoms with E-state index in [9.17, 15) is 4.79 Å². The van der Waals surface area contributed by atoms with Gasteiger partial charge >= 0.3 is 5.97 Å². The predicted molar refractivity (Wildman–Crippen MR) is 76.8 cm³/mol. The zero-order chi connectivity index (χ0) is 13.8. The fourth-order valence-electron chi connectivity index (χ4n) is 2.39. The first-order chi connectivity index (χ1) is 9.10. The Balaban J connectivity index is 2.06. The molecule has 2 rings (SSSR count). The van der Waals surface area contributed by atoms with E-state index in [4.69, 9.17) is 0 Å². The summed E-state index contributed by atoms with van der Waals surface area (Å²) < 4.78 is 4.67. The number of hydrogen-bond acceptors (Lipinski definition) is 6. The zero-order valence-electron chi connectivity index (χ0n) is 11.8. The number of likely N-dealkylation sites (N-methyl/N-ethyl adjacent to an activating group) is 1. The fourth-order valence-corrected chi connectivity index (χ4v) is 3.34. The fraction of sp³-hybridized carbons (Fsp3) is 0.692. The molecule has 1 saturated heterocycles. The normalized spacial score (nSPS) is 21.2. The number of methoxy groups -OCH3 is 1. The van der Waals surface area contributed by atoms with Crippen molar-refractivity contribution in [3.05, 3.63) is 11.1 Å². The topological polar surface area (TPSA) is 45.7 Å². The van der Waals surface area contributed by atoms with Crippen LogP contribution in [0.25, 0.3) is 0 Å². The van der Waals surface area contributed by atoms with Gasteiger partial charge in [0.25, 0.3) is 0 Å². The number of anilines is 1. The van der Waals surface area contributed by atoms with Gasteiger partial charge < -0.3 is 14.5 Å². The molecule has 0 bridgehead atoms. The number of carbonyl (C=O) groups is 1. The third-order valence-electron chi connectivity index (χ3n) is 3.39. The van der Waals surface area contributed by atoms with Gasteiger partial charge in [0.15, 0.2) is 5.13 Å². The van der Waals surface area contributed by atoms with E-state index in [0.29, 0.717) is 6.04 Å². The molecule has 0 N–H and O–H groups in total. The van der Waals surface area contributed by atoms with Gasteiger partial charge in [-0.3, -0.25) is 4.79 Å². The van der Waals surface area contributed by atoms with Crippen LogP contribution in [0, 0.1) is 0 Å². The second-order valence-corrected chi connectivity index (χ2v) is 5.87. The average molecular weight is 283 g/mol. The molecule has 1 fully saturated rings. The first-order valence-electron chi connectivity index (χ1n) is 6.56. The second kappa shape index (κ2) is 6.34. The quantitative estimate of drug-likeness (QED) is 0.785. The van der Waals surface area contributed by atoms with Crippen LogP contribution >= 0.6 is 11.3 Å². The lowest BCUT2D eigenvalue weighted by molar-refractivity contribution is -0.139. The molecular formula is C13H21N3O2S. The average Bonchev–Trinajstić information content (AvgIpc) is 2.75. The van der Waals surface area contributed by atoms with E-state index in [1.54, 1.807) is 11.3 Å². The number of carbonyl (C=O) groups excluding carboxylic acids is 1. The highest BCUT2D eigenvalue weighted by molar-refractivity contribution is 7.13. The molecule has 1 aromatic rings. The molecule has 0 aromatic carbocycles. The monoisotopic (exact) mass is 283 g/mol. The van der Waals surface area contributed by atoms with Crippen LogP contribution in [-0.4, -0.2) is 55.7 Å². The summed E-state index contributed by atoms with van der Waals surface area (Å²) in [6.45, 7) is 5.42. The number of hydrogen-bond donors (Lipinski definition) is 0. The summed E-state index contributed by atoms with van der Waals surface area (Å²) in [5.41, 5.74) is 0.802. The van der Waals surface area contributed by atoms with E-state index >= 15 is 0 Å². The molecule has 5 nitrogen and oxygen atoms in total. The van der Waals surface area contributed by atoms with Gasteiger partial charge in [0.2, 0.25) is 0 Å². The minimum absolute atomic E-state index is 0.236. The van der Waals surface area contributed by atoms with Crippen molar-refractivity contribution >= 4 is 22.4 Å². The molecule has 2 heterocycles. The third-order valence-corrected chi connectivity index (χ3v) is 4.31. The van der Waals surface area contributed by atoms with Gasteiger partial charge in [-0.2, -0.15) is 0 Å². The lowest BCUT2D eigenvalue weighted by atomic mass is 10.3. The molecule has 1 aliphatic heterocycles.